The lowest BCUT2D eigenvalue weighted by Gasteiger charge is -2.15. The molecule has 4 rings (SSSR count). The maximum absolute atomic E-state index is 12.3. The predicted octanol–water partition coefficient (Wildman–Crippen LogP) is 3.73. The van der Waals surface area contributed by atoms with E-state index < -0.39 is 12.0 Å². The fraction of sp³-hybridized carbons (Fsp3) is 0.0909. The van der Waals surface area contributed by atoms with Crippen molar-refractivity contribution in [1.29, 1.82) is 0 Å². The van der Waals surface area contributed by atoms with Crippen LogP contribution < -0.4 is 16.8 Å². The number of ether oxygens (including phenoxy) is 1. The number of fused-ring (bicyclic) bond motifs is 3. The Balaban J connectivity index is 1.50. The molecule has 3 aromatic carbocycles. The maximum atomic E-state index is 12.3. The Labute approximate surface area is 162 Å². The highest BCUT2D eigenvalue weighted by atomic mass is 16.5. The summed E-state index contributed by atoms with van der Waals surface area (Å²) in [5, 5.41) is 2.58. The van der Waals surface area contributed by atoms with Gasteiger partial charge in [-0.25, -0.2) is 4.79 Å². The minimum atomic E-state index is -0.643. The monoisotopic (exact) mass is 373 g/mol. The molecule has 0 atom stereocenters. The normalized spacial score (nSPS) is 12.1. The minimum absolute atomic E-state index is 0.0348. The van der Waals surface area contributed by atoms with Gasteiger partial charge in [0.15, 0.2) is 0 Å². The van der Waals surface area contributed by atoms with Crippen LogP contribution in [0.1, 0.15) is 27.4 Å². The largest absolute Gasteiger partial charge is 0.448 e. The average molecular weight is 373 g/mol. The molecule has 6 nitrogen and oxygen atoms in total. The summed E-state index contributed by atoms with van der Waals surface area (Å²) in [6.45, 7) is 0.190. The standard InChI is InChI=1S/C22H19N3O3/c23-19-10-9-13(21(24)26)11-20(19)25-22(27)28-12-18-16-7-3-1-5-14(16)15-6-2-4-8-17(15)18/h1-11,18H,12,23H2,(H2,24,26)(H,25,27). The van der Waals surface area contributed by atoms with Gasteiger partial charge in [0.25, 0.3) is 0 Å². The lowest BCUT2D eigenvalue weighted by atomic mass is 9.98. The lowest BCUT2D eigenvalue weighted by molar-refractivity contribution is 0.1000. The Morgan fingerprint density at radius 1 is 0.929 bits per heavy atom. The van der Waals surface area contributed by atoms with E-state index in [9.17, 15) is 9.59 Å². The number of benzene rings is 3. The van der Waals surface area contributed by atoms with Crippen molar-refractivity contribution in [3.63, 3.8) is 0 Å². The van der Waals surface area contributed by atoms with Crippen LogP contribution in [0.25, 0.3) is 11.1 Å². The van der Waals surface area contributed by atoms with Crippen molar-refractivity contribution in [1.82, 2.24) is 0 Å². The van der Waals surface area contributed by atoms with E-state index in [1.54, 1.807) is 0 Å². The number of hydrogen-bond donors (Lipinski definition) is 3. The van der Waals surface area contributed by atoms with Crippen molar-refractivity contribution in [3.05, 3.63) is 83.4 Å². The highest BCUT2D eigenvalue weighted by Crippen LogP contribution is 2.44. The quantitative estimate of drug-likeness (QED) is 0.606. The topological polar surface area (TPSA) is 107 Å². The summed E-state index contributed by atoms with van der Waals surface area (Å²) in [6.07, 6.45) is -0.643. The van der Waals surface area contributed by atoms with Gasteiger partial charge in [-0.3, -0.25) is 10.1 Å². The van der Waals surface area contributed by atoms with Crippen molar-refractivity contribution in [2.75, 3.05) is 17.7 Å². The number of hydrogen-bond acceptors (Lipinski definition) is 4. The number of rotatable bonds is 4. The fourth-order valence-electron chi connectivity index (χ4n) is 3.56. The van der Waals surface area contributed by atoms with Crippen LogP contribution in [0, 0.1) is 0 Å². The summed E-state index contributed by atoms with van der Waals surface area (Å²) in [5.41, 5.74) is 16.6. The van der Waals surface area contributed by atoms with Gasteiger partial charge in [0.1, 0.15) is 6.61 Å². The summed E-state index contributed by atoms with van der Waals surface area (Å²) in [5.74, 6) is -0.636. The van der Waals surface area contributed by atoms with Gasteiger partial charge in [-0.2, -0.15) is 0 Å². The Hall–Kier alpha value is -3.80. The van der Waals surface area contributed by atoms with Gasteiger partial charge >= 0.3 is 6.09 Å². The zero-order valence-corrected chi connectivity index (χ0v) is 15.0. The SMILES string of the molecule is NC(=O)c1ccc(N)c(NC(=O)OCC2c3ccccc3-c3ccccc32)c1. The number of carbonyl (C=O) groups excluding carboxylic acids is 2. The smallest absolute Gasteiger partial charge is 0.411 e. The molecule has 1 aliphatic carbocycles. The predicted molar refractivity (Wildman–Crippen MR) is 108 cm³/mol. The third-order valence-electron chi connectivity index (χ3n) is 4.92. The van der Waals surface area contributed by atoms with Crippen LogP contribution in [-0.4, -0.2) is 18.6 Å². The second-order valence-electron chi connectivity index (χ2n) is 6.62. The lowest BCUT2D eigenvalue weighted by Crippen LogP contribution is -2.19. The van der Waals surface area contributed by atoms with Gasteiger partial charge in [-0.15, -0.1) is 0 Å². The second kappa shape index (κ2) is 7.08. The molecule has 140 valence electrons. The Kier molecular flexibility index (Phi) is 4.45. The maximum Gasteiger partial charge on any atom is 0.411 e. The average Bonchev–Trinajstić information content (AvgIpc) is 3.02. The Bertz CT molecular complexity index is 1030. The van der Waals surface area contributed by atoms with Crippen LogP contribution in [0.4, 0.5) is 16.2 Å². The van der Waals surface area contributed by atoms with Crippen LogP contribution in [0.5, 0.6) is 0 Å². The first kappa shape index (κ1) is 17.6. The molecule has 6 heteroatoms. The number of nitrogens with two attached hydrogens (primary N) is 2. The molecule has 3 aromatic rings. The van der Waals surface area contributed by atoms with Crippen molar-refractivity contribution >= 4 is 23.4 Å². The number of primary amides is 1. The van der Waals surface area contributed by atoms with Crippen molar-refractivity contribution in [3.8, 4) is 11.1 Å². The van der Waals surface area contributed by atoms with E-state index in [0.29, 0.717) is 5.69 Å². The van der Waals surface area contributed by atoms with Crippen LogP contribution in [0.15, 0.2) is 66.7 Å². The third kappa shape index (κ3) is 3.16. The minimum Gasteiger partial charge on any atom is -0.448 e. The summed E-state index contributed by atoms with van der Waals surface area (Å²) in [7, 11) is 0. The molecule has 2 amide bonds. The van der Waals surface area contributed by atoms with Crippen LogP contribution in [0.3, 0.4) is 0 Å². The van der Waals surface area contributed by atoms with E-state index in [-0.39, 0.29) is 23.8 Å². The molecule has 0 aliphatic heterocycles. The molecular formula is C22H19N3O3. The number of amides is 2. The van der Waals surface area contributed by atoms with Crippen LogP contribution in [-0.2, 0) is 4.74 Å². The Morgan fingerprint density at radius 2 is 1.54 bits per heavy atom. The molecule has 1 aliphatic rings. The Morgan fingerprint density at radius 3 is 2.14 bits per heavy atom. The second-order valence-corrected chi connectivity index (χ2v) is 6.62. The highest BCUT2D eigenvalue weighted by Gasteiger charge is 2.29. The highest BCUT2D eigenvalue weighted by molar-refractivity contribution is 5.97. The van der Waals surface area contributed by atoms with Gasteiger partial charge in [0.05, 0.1) is 11.4 Å². The van der Waals surface area contributed by atoms with Gasteiger partial charge in [0, 0.05) is 11.5 Å². The molecule has 5 N–H and O–H groups in total. The molecule has 28 heavy (non-hydrogen) atoms. The van der Waals surface area contributed by atoms with Gasteiger partial charge in [-0.1, -0.05) is 48.5 Å². The molecule has 0 saturated heterocycles. The summed E-state index contributed by atoms with van der Waals surface area (Å²) in [6, 6.07) is 20.7. The van der Waals surface area contributed by atoms with Crippen molar-refractivity contribution < 1.29 is 14.3 Å². The van der Waals surface area contributed by atoms with Crippen LogP contribution >= 0.6 is 0 Å². The molecule has 0 heterocycles. The molecule has 0 spiro atoms. The summed E-state index contributed by atoms with van der Waals surface area (Å²) in [4.78, 5) is 23.6. The number of nitrogen functional groups attached to an aromatic ring is 1. The van der Waals surface area contributed by atoms with Crippen molar-refractivity contribution in [2.24, 2.45) is 5.73 Å². The molecule has 0 radical (unpaired) electrons. The molecule has 0 saturated carbocycles. The number of nitrogens with one attached hydrogen (secondary N) is 1. The van der Waals surface area contributed by atoms with E-state index in [2.05, 4.69) is 29.6 Å². The first-order valence-corrected chi connectivity index (χ1v) is 8.86. The summed E-state index contributed by atoms with van der Waals surface area (Å²) < 4.78 is 5.48. The van der Waals surface area contributed by atoms with Gasteiger partial charge < -0.3 is 16.2 Å². The fourth-order valence-corrected chi connectivity index (χ4v) is 3.56. The molecule has 0 unspecified atom stereocenters. The molecular weight excluding hydrogens is 354 g/mol. The summed E-state index contributed by atoms with van der Waals surface area (Å²) >= 11 is 0. The third-order valence-corrected chi connectivity index (χ3v) is 4.92. The zero-order chi connectivity index (χ0) is 19.7. The first-order chi connectivity index (χ1) is 13.5. The van der Waals surface area contributed by atoms with Gasteiger partial charge in [0.2, 0.25) is 5.91 Å². The molecule has 0 aromatic heterocycles. The van der Waals surface area contributed by atoms with Crippen LogP contribution in [0.2, 0.25) is 0 Å². The zero-order valence-electron chi connectivity index (χ0n) is 15.0. The molecule has 0 bridgehead atoms. The van der Waals surface area contributed by atoms with E-state index in [1.165, 1.54) is 18.2 Å². The first-order valence-electron chi connectivity index (χ1n) is 8.86. The van der Waals surface area contributed by atoms with Crippen molar-refractivity contribution in [2.45, 2.75) is 5.92 Å². The molecule has 0 fully saturated rings. The van der Waals surface area contributed by atoms with E-state index in [0.717, 1.165) is 22.3 Å². The van der Waals surface area contributed by atoms with E-state index in [1.807, 2.05) is 24.3 Å². The number of carbonyl (C=O) groups is 2. The van der Waals surface area contributed by atoms with E-state index >= 15 is 0 Å². The van der Waals surface area contributed by atoms with Gasteiger partial charge in [-0.05, 0) is 40.5 Å². The van der Waals surface area contributed by atoms with E-state index in [4.69, 9.17) is 16.2 Å². The number of anilines is 2.